The molecule has 3 heteroatoms. The van der Waals surface area contributed by atoms with E-state index in [1.807, 2.05) is 0 Å². The molecule has 86 valence electrons. The minimum absolute atomic E-state index is 0.601. The molecule has 2 heterocycles. The van der Waals surface area contributed by atoms with E-state index < -0.39 is 0 Å². The Bertz CT molecular complexity index is 555. The molecular weight excluding hydrogens is 246 g/mol. The lowest BCUT2D eigenvalue weighted by atomic mass is 10.2. The Morgan fingerprint density at radius 1 is 1.18 bits per heavy atom. The molecular formula is C14H13NS2. The Balaban J connectivity index is 2.01. The van der Waals surface area contributed by atoms with Crippen LogP contribution >= 0.6 is 22.7 Å². The van der Waals surface area contributed by atoms with Crippen LogP contribution < -0.4 is 0 Å². The number of aryl methyl sites for hydroxylation is 2. The Kier molecular flexibility index (Phi) is 4.13. The predicted molar refractivity (Wildman–Crippen MR) is 76.2 cm³/mol. The third kappa shape index (κ3) is 3.55. The summed E-state index contributed by atoms with van der Waals surface area (Å²) in [5, 5.41) is 12.8. The number of rotatable bonds is 4. The van der Waals surface area contributed by atoms with Gasteiger partial charge in [0.05, 0.1) is 6.07 Å². The number of hydrogen-bond acceptors (Lipinski definition) is 3. The van der Waals surface area contributed by atoms with Crippen LogP contribution in [0.25, 0.3) is 12.2 Å². The summed E-state index contributed by atoms with van der Waals surface area (Å²) < 4.78 is 0. The molecule has 0 bridgehead atoms. The quantitative estimate of drug-likeness (QED) is 0.777. The summed E-state index contributed by atoms with van der Waals surface area (Å²) >= 11 is 3.50. The van der Waals surface area contributed by atoms with Crippen LogP contribution in [-0.2, 0) is 6.42 Å². The van der Waals surface area contributed by atoms with Crippen LogP contribution in [0, 0.1) is 18.3 Å². The fourth-order valence-corrected chi connectivity index (χ4v) is 3.15. The van der Waals surface area contributed by atoms with Gasteiger partial charge < -0.3 is 0 Å². The second-order valence-corrected chi connectivity index (χ2v) is 5.76. The summed E-state index contributed by atoms with van der Waals surface area (Å²) in [5.41, 5.74) is 2.58. The molecule has 2 aromatic heterocycles. The normalized spacial score (nSPS) is 10.8. The Labute approximate surface area is 110 Å². The number of thiophene rings is 2. The molecule has 2 aromatic rings. The molecule has 0 N–H and O–H groups in total. The number of nitriles is 1. The van der Waals surface area contributed by atoms with Crippen molar-refractivity contribution in [2.45, 2.75) is 19.8 Å². The first-order valence-corrected chi connectivity index (χ1v) is 7.21. The van der Waals surface area contributed by atoms with Crippen LogP contribution in [0.15, 0.2) is 22.9 Å². The predicted octanol–water partition coefficient (Wildman–Crippen LogP) is 4.74. The second kappa shape index (κ2) is 5.81. The van der Waals surface area contributed by atoms with Crippen molar-refractivity contribution in [1.82, 2.24) is 0 Å². The van der Waals surface area contributed by atoms with Crippen molar-refractivity contribution in [3.05, 3.63) is 43.8 Å². The third-order valence-corrected chi connectivity index (χ3v) is 4.32. The van der Waals surface area contributed by atoms with E-state index in [1.165, 1.54) is 20.9 Å². The maximum absolute atomic E-state index is 8.53. The second-order valence-electron chi connectivity index (χ2n) is 3.88. The summed E-state index contributed by atoms with van der Waals surface area (Å²) in [6.07, 6.45) is 5.76. The lowest BCUT2D eigenvalue weighted by Crippen LogP contribution is -1.76. The van der Waals surface area contributed by atoms with E-state index >= 15 is 0 Å². The maximum Gasteiger partial charge on any atom is 0.0625 e. The fourth-order valence-electron chi connectivity index (χ4n) is 1.52. The molecule has 0 saturated heterocycles. The average molecular weight is 259 g/mol. The van der Waals surface area contributed by atoms with Crippen LogP contribution in [0.1, 0.15) is 27.3 Å². The SMILES string of the molecule is Cc1csc(C=Cc2cc(CCC#N)cs2)c1. The van der Waals surface area contributed by atoms with Gasteiger partial charge in [-0.2, -0.15) is 5.26 Å². The van der Waals surface area contributed by atoms with Crippen molar-refractivity contribution in [3.63, 3.8) is 0 Å². The Hall–Kier alpha value is -1.37. The van der Waals surface area contributed by atoms with Gasteiger partial charge in [0.25, 0.3) is 0 Å². The van der Waals surface area contributed by atoms with Gasteiger partial charge in [0.2, 0.25) is 0 Å². The van der Waals surface area contributed by atoms with Crippen molar-refractivity contribution in [3.8, 4) is 6.07 Å². The average Bonchev–Trinajstić information content (AvgIpc) is 2.93. The molecule has 0 radical (unpaired) electrons. The first-order valence-electron chi connectivity index (χ1n) is 5.45. The van der Waals surface area contributed by atoms with E-state index in [2.05, 4.69) is 48.0 Å². The fraction of sp³-hybridized carbons (Fsp3) is 0.214. The van der Waals surface area contributed by atoms with Crippen LogP contribution in [-0.4, -0.2) is 0 Å². The van der Waals surface area contributed by atoms with Gasteiger partial charge in [-0.25, -0.2) is 0 Å². The van der Waals surface area contributed by atoms with E-state index in [0.29, 0.717) is 6.42 Å². The van der Waals surface area contributed by atoms with Crippen molar-refractivity contribution in [1.29, 1.82) is 5.26 Å². The van der Waals surface area contributed by atoms with Gasteiger partial charge in [0.1, 0.15) is 0 Å². The molecule has 0 aromatic carbocycles. The van der Waals surface area contributed by atoms with Crippen LogP contribution in [0.3, 0.4) is 0 Å². The monoisotopic (exact) mass is 259 g/mol. The van der Waals surface area contributed by atoms with Crippen molar-refractivity contribution in [2.24, 2.45) is 0 Å². The molecule has 0 unspecified atom stereocenters. The van der Waals surface area contributed by atoms with Crippen LogP contribution in [0.2, 0.25) is 0 Å². The highest BCUT2D eigenvalue weighted by molar-refractivity contribution is 7.11. The zero-order valence-electron chi connectivity index (χ0n) is 9.64. The first kappa shape index (κ1) is 12.1. The summed E-state index contributed by atoms with van der Waals surface area (Å²) in [6, 6.07) is 6.53. The highest BCUT2D eigenvalue weighted by Crippen LogP contribution is 2.21. The van der Waals surface area contributed by atoms with Gasteiger partial charge in [-0.3, -0.25) is 0 Å². The van der Waals surface area contributed by atoms with Gasteiger partial charge in [0, 0.05) is 16.2 Å². The van der Waals surface area contributed by atoms with Gasteiger partial charge in [-0.05, 0) is 59.5 Å². The standard InChI is InChI=1S/C14H13NS2/c1-11-7-13(16-9-11)4-5-14-8-12(10-17-14)3-2-6-15/h4-5,7-10H,2-3H2,1H3. The minimum Gasteiger partial charge on any atom is -0.198 e. The largest absolute Gasteiger partial charge is 0.198 e. The Morgan fingerprint density at radius 3 is 2.53 bits per heavy atom. The third-order valence-electron chi connectivity index (χ3n) is 2.36. The van der Waals surface area contributed by atoms with E-state index in [-0.39, 0.29) is 0 Å². The van der Waals surface area contributed by atoms with Crippen LogP contribution in [0.4, 0.5) is 0 Å². The van der Waals surface area contributed by atoms with E-state index in [1.54, 1.807) is 22.7 Å². The molecule has 1 nitrogen and oxygen atoms in total. The molecule has 0 spiro atoms. The maximum atomic E-state index is 8.53. The molecule has 0 aliphatic rings. The van der Waals surface area contributed by atoms with Gasteiger partial charge in [-0.1, -0.05) is 0 Å². The zero-order valence-corrected chi connectivity index (χ0v) is 11.3. The molecule has 2 rings (SSSR count). The van der Waals surface area contributed by atoms with E-state index in [4.69, 9.17) is 5.26 Å². The van der Waals surface area contributed by atoms with E-state index in [9.17, 15) is 0 Å². The first-order chi connectivity index (χ1) is 8.28. The van der Waals surface area contributed by atoms with Crippen LogP contribution in [0.5, 0.6) is 0 Å². The van der Waals surface area contributed by atoms with Crippen molar-refractivity contribution < 1.29 is 0 Å². The Morgan fingerprint density at radius 2 is 1.88 bits per heavy atom. The summed E-state index contributed by atoms with van der Waals surface area (Å²) in [6.45, 7) is 2.11. The highest BCUT2D eigenvalue weighted by Gasteiger charge is 1.97. The zero-order chi connectivity index (χ0) is 12.1. The topological polar surface area (TPSA) is 23.8 Å². The summed E-state index contributed by atoms with van der Waals surface area (Å²) in [7, 11) is 0. The van der Waals surface area contributed by atoms with Crippen molar-refractivity contribution in [2.75, 3.05) is 0 Å². The lowest BCUT2D eigenvalue weighted by Gasteiger charge is -1.87. The number of nitrogens with zero attached hydrogens (tertiary/aromatic N) is 1. The van der Waals surface area contributed by atoms with Gasteiger partial charge in [-0.15, -0.1) is 22.7 Å². The minimum atomic E-state index is 0.601. The van der Waals surface area contributed by atoms with Gasteiger partial charge >= 0.3 is 0 Å². The molecule has 0 atom stereocenters. The molecule has 17 heavy (non-hydrogen) atoms. The highest BCUT2D eigenvalue weighted by atomic mass is 32.1. The summed E-state index contributed by atoms with van der Waals surface area (Å²) in [5.74, 6) is 0. The molecule has 0 aliphatic carbocycles. The van der Waals surface area contributed by atoms with Crippen molar-refractivity contribution >= 4 is 34.8 Å². The molecule has 0 fully saturated rings. The lowest BCUT2D eigenvalue weighted by molar-refractivity contribution is 1.02. The summed E-state index contributed by atoms with van der Waals surface area (Å²) in [4.78, 5) is 2.54. The van der Waals surface area contributed by atoms with Gasteiger partial charge in [0.15, 0.2) is 0 Å². The molecule has 0 amide bonds. The number of hydrogen-bond donors (Lipinski definition) is 0. The molecule has 0 aliphatic heterocycles. The van der Waals surface area contributed by atoms with E-state index in [0.717, 1.165) is 6.42 Å². The smallest absolute Gasteiger partial charge is 0.0625 e. The molecule has 0 saturated carbocycles.